The molecule has 2 aromatic rings. The van der Waals surface area contributed by atoms with Crippen molar-refractivity contribution in [1.82, 2.24) is 4.90 Å². The van der Waals surface area contributed by atoms with E-state index in [2.05, 4.69) is 24.0 Å². The lowest BCUT2D eigenvalue weighted by Gasteiger charge is -2.21. The Kier molecular flexibility index (Phi) is 4.42. The third kappa shape index (κ3) is 3.73. The molecule has 100 valence electrons. The summed E-state index contributed by atoms with van der Waals surface area (Å²) < 4.78 is 0. The van der Waals surface area contributed by atoms with E-state index in [0.29, 0.717) is 18.0 Å². The summed E-state index contributed by atoms with van der Waals surface area (Å²) in [5, 5.41) is 9.86. The van der Waals surface area contributed by atoms with E-state index in [9.17, 15) is 5.11 Å². The molecule has 3 nitrogen and oxygen atoms in total. The molecule has 0 aliphatic heterocycles. The molecular formula is C16H20N2O. The van der Waals surface area contributed by atoms with Crippen LogP contribution in [-0.2, 0) is 13.1 Å². The van der Waals surface area contributed by atoms with Crippen LogP contribution in [0, 0.1) is 0 Å². The lowest BCUT2D eigenvalue weighted by Crippen LogP contribution is -2.22. The molecule has 2 rings (SSSR count). The van der Waals surface area contributed by atoms with Gasteiger partial charge in [-0.1, -0.05) is 37.3 Å². The van der Waals surface area contributed by atoms with E-state index in [-0.39, 0.29) is 0 Å². The highest BCUT2D eigenvalue weighted by molar-refractivity contribution is 5.47. The molecule has 0 saturated heterocycles. The molecule has 0 atom stereocenters. The molecular weight excluding hydrogens is 236 g/mol. The van der Waals surface area contributed by atoms with Gasteiger partial charge in [-0.2, -0.15) is 0 Å². The second-order valence-corrected chi connectivity index (χ2v) is 4.68. The van der Waals surface area contributed by atoms with Gasteiger partial charge in [-0.15, -0.1) is 0 Å². The summed E-state index contributed by atoms with van der Waals surface area (Å²) in [6.07, 6.45) is 0. The summed E-state index contributed by atoms with van der Waals surface area (Å²) in [6, 6.07) is 15.5. The number of aromatic hydroxyl groups is 1. The van der Waals surface area contributed by atoms with Crippen LogP contribution in [0.4, 0.5) is 5.69 Å². The van der Waals surface area contributed by atoms with Crippen molar-refractivity contribution in [2.75, 3.05) is 12.3 Å². The maximum atomic E-state index is 9.86. The Morgan fingerprint density at radius 3 is 2.47 bits per heavy atom. The quantitative estimate of drug-likeness (QED) is 0.638. The Labute approximate surface area is 114 Å². The average Bonchev–Trinajstić information content (AvgIpc) is 2.43. The fourth-order valence-electron chi connectivity index (χ4n) is 2.09. The first-order valence-corrected chi connectivity index (χ1v) is 6.52. The summed E-state index contributed by atoms with van der Waals surface area (Å²) >= 11 is 0. The van der Waals surface area contributed by atoms with Crippen molar-refractivity contribution >= 4 is 5.69 Å². The van der Waals surface area contributed by atoms with Crippen LogP contribution in [0.3, 0.4) is 0 Å². The number of phenolic OH excluding ortho intramolecular Hbond substituents is 1. The number of rotatable bonds is 5. The minimum Gasteiger partial charge on any atom is -0.508 e. The molecule has 0 aliphatic carbocycles. The molecule has 0 amide bonds. The van der Waals surface area contributed by atoms with Gasteiger partial charge in [-0.25, -0.2) is 0 Å². The van der Waals surface area contributed by atoms with E-state index >= 15 is 0 Å². The molecule has 0 radical (unpaired) electrons. The molecule has 0 aromatic heterocycles. The predicted octanol–water partition coefficient (Wildman–Crippen LogP) is 3.00. The highest BCUT2D eigenvalue weighted by Crippen LogP contribution is 2.22. The lowest BCUT2D eigenvalue weighted by molar-refractivity contribution is 0.267. The van der Waals surface area contributed by atoms with Crippen LogP contribution in [0.2, 0.25) is 0 Å². The largest absolute Gasteiger partial charge is 0.508 e. The van der Waals surface area contributed by atoms with E-state index in [4.69, 9.17) is 5.73 Å². The average molecular weight is 256 g/mol. The van der Waals surface area contributed by atoms with Crippen LogP contribution in [0.15, 0.2) is 48.5 Å². The second-order valence-electron chi connectivity index (χ2n) is 4.68. The fraction of sp³-hybridized carbons (Fsp3) is 0.250. The monoisotopic (exact) mass is 256 g/mol. The van der Waals surface area contributed by atoms with Crippen LogP contribution in [-0.4, -0.2) is 16.6 Å². The molecule has 0 unspecified atom stereocenters. The van der Waals surface area contributed by atoms with Gasteiger partial charge in [-0.3, -0.25) is 4.90 Å². The third-order valence-corrected chi connectivity index (χ3v) is 3.19. The smallest absolute Gasteiger partial charge is 0.120 e. The predicted molar refractivity (Wildman–Crippen MR) is 78.7 cm³/mol. The van der Waals surface area contributed by atoms with Crippen molar-refractivity contribution in [3.8, 4) is 5.75 Å². The van der Waals surface area contributed by atoms with Gasteiger partial charge in [0.15, 0.2) is 0 Å². The lowest BCUT2D eigenvalue weighted by atomic mass is 10.1. The number of hydrogen-bond donors (Lipinski definition) is 2. The van der Waals surface area contributed by atoms with E-state index in [1.54, 1.807) is 12.1 Å². The van der Waals surface area contributed by atoms with E-state index in [1.165, 1.54) is 5.56 Å². The van der Waals surface area contributed by atoms with Crippen molar-refractivity contribution in [2.45, 2.75) is 20.0 Å². The third-order valence-electron chi connectivity index (χ3n) is 3.19. The Hall–Kier alpha value is -2.00. The summed E-state index contributed by atoms with van der Waals surface area (Å²) in [4.78, 5) is 2.27. The van der Waals surface area contributed by atoms with E-state index in [0.717, 1.165) is 18.7 Å². The van der Waals surface area contributed by atoms with Crippen molar-refractivity contribution in [2.24, 2.45) is 0 Å². The van der Waals surface area contributed by atoms with Crippen LogP contribution >= 0.6 is 0 Å². The minimum atomic E-state index is 0.306. The molecule has 0 aliphatic rings. The number of phenols is 1. The summed E-state index contributed by atoms with van der Waals surface area (Å²) in [6.45, 7) is 4.60. The molecule has 2 aromatic carbocycles. The molecule has 0 spiro atoms. The van der Waals surface area contributed by atoms with Gasteiger partial charge in [-0.05, 0) is 30.3 Å². The number of hydrogen-bond acceptors (Lipinski definition) is 3. The maximum absolute atomic E-state index is 9.86. The zero-order valence-corrected chi connectivity index (χ0v) is 11.2. The van der Waals surface area contributed by atoms with E-state index in [1.807, 2.05) is 24.3 Å². The Balaban J connectivity index is 2.09. The Bertz CT molecular complexity index is 526. The van der Waals surface area contributed by atoms with Gasteiger partial charge in [0.1, 0.15) is 5.75 Å². The molecule has 0 saturated carbocycles. The topological polar surface area (TPSA) is 49.5 Å². The summed E-state index contributed by atoms with van der Waals surface area (Å²) in [5.74, 6) is 0.306. The summed E-state index contributed by atoms with van der Waals surface area (Å²) in [7, 11) is 0. The van der Waals surface area contributed by atoms with Crippen LogP contribution in [0.5, 0.6) is 5.75 Å². The molecule has 0 bridgehead atoms. The van der Waals surface area contributed by atoms with Crippen molar-refractivity contribution in [1.29, 1.82) is 0 Å². The van der Waals surface area contributed by atoms with E-state index < -0.39 is 0 Å². The fourth-order valence-corrected chi connectivity index (χ4v) is 2.09. The highest BCUT2D eigenvalue weighted by atomic mass is 16.3. The van der Waals surface area contributed by atoms with Crippen molar-refractivity contribution < 1.29 is 5.11 Å². The minimum absolute atomic E-state index is 0.306. The highest BCUT2D eigenvalue weighted by Gasteiger charge is 2.08. The van der Waals surface area contributed by atoms with Crippen LogP contribution in [0.25, 0.3) is 0 Å². The van der Waals surface area contributed by atoms with Crippen LogP contribution in [0.1, 0.15) is 18.1 Å². The number of anilines is 1. The molecule has 19 heavy (non-hydrogen) atoms. The molecule has 0 fully saturated rings. The van der Waals surface area contributed by atoms with Gasteiger partial charge >= 0.3 is 0 Å². The van der Waals surface area contributed by atoms with Gasteiger partial charge in [0.25, 0.3) is 0 Å². The number of benzene rings is 2. The number of nitrogens with zero attached hydrogens (tertiary/aromatic N) is 1. The van der Waals surface area contributed by atoms with Gasteiger partial charge in [0.05, 0.1) is 0 Å². The Morgan fingerprint density at radius 2 is 1.79 bits per heavy atom. The first kappa shape index (κ1) is 13.4. The van der Waals surface area contributed by atoms with Crippen molar-refractivity contribution in [3.05, 3.63) is 59.7 Å². The van der Waals surface area contributed by atoms with Crippen LogP contribution < -0.4 is 5.73 Å². The maximum Gasteiger partial charge on any atom is 0.120 e. The Morgan fingerprint density at radius 1 is 1.05 bits per heavy atom. The first-order valence-electron chi connectivity index (χ1n) is 6.52. The van der Waals surface area contributed by atoms with Crippen molar-refractivity contribution in [3.63, 3.8) is 0 Å². The first-order chi connectivity index (χ1) is 9.19. The van der Waals surface area contributed by atoms with Gasteiger partial charge < -0.3 is 10.8 Å². The normalized spacial score (nSPS) is 10.8. The number of nitrogens with two attached hydrogens (primary N) is 1. The SMILES string of the molecule is CCN(Cc1ccccc1)Cc1cc(N)ccc1O. The summed E-state index contributed by atoms with van der Waals surface area (Å²) in [5.41, 5.74) is 8.60. The van der Waals surface area contributed by atoms with Gasteiger partial charge in [0, 0.05) is 24.3 Å². The number of nitrogen functional groups attached to an aromatic ring is 1. The molecule has 3 heteroatoms. The zero-order valence-electron chi connectivity index (χ0n) is 11.2. The second kappa shape index (κ2) is 6.25. The molecule has 3 N–H and O–H groups in total. The zero-order chi connectivity index (χ0) is 13.7. The molecule has 0 heterocycles. The standard InChI is InChI=1S/C16H20N2O/c1-2-18(11-13-6-4-3-5-7-13)12-14-10-15(17)8-9-16(14)19/h3-10,19H,2,11-12,17H2,1H3. The van der Waals surface area contributed by atoms with Gasteiger partial charge in [0.2, 0.25) is 0 Å².